The number of unbranched alkanes of at least 4 members (excludes halogenated alkanes) is 4. The Morgan fingerprint density at radius 1 is 1.00 bits per heavy atom. The third kappa shape index (κ3) is 4.50. The van der Waals surface area contributed by atoms with E-state index in [0.29, 0.717) is 0 Å². The Morgan fingerprint density at radius 2 is 1.75 bits per heavy atom. The molecule has 2 fully saturated rings. The fourth-order valence-electron chi connectivity index (χ4n) is 3.52. The number of hydrogen-bond donors (Lipinski definition) is 0. The second-order valence-electron chi connectivity index (χ2n) is 6.30. The van der Waals surface area contributed by atoms with E-state index in [0.717, 1.165) is 32.7 Å². The second kappa shape index (κ2) is 8.70. The third-order valence-corrected chi connectivity index (χ3v) is 4.77. The van der Waals surface area contributed by atoms with E-state index >= 15 is 0 Å². The second-order valence-corrected chi connectivity index (χ2v) is 6.30. The fraction of sp³-hybridized carbons (Fsp3) is 0.889. The summed E-state index contributed by atoms with van der Waals surface area (Å²) in [6.45, 7) is 6.19. The molecular formula is C18H31NO. The number of morpholine rings is 1. The summed E-state index contributed by atoms with van der Waals surface area (Å²) in [5.74, 6) is 7.22. The van der Waals surface area contributed by atoms with Crippen LogP contribution < -0.4 is 0 Å². The van der Waals surface area contributed by atoms with Crippen molar-refractivity contribution in [2.24, 2.45) is 0 Å². The highest BCUT2D eigenvalue weighted by Gasteiger charge is 2.36. The number of hydrogen-bond acceptors (Lipinski definition) is 2. The van der Waals surface area contributed by atoms with Crippen molar-refractivity contribution in [3.05, 3.63) is 0 Å². The van der Waals surface area contributed by atoms with Crippen molar-refractivity contribution in [1.82, 2.24) is 4.90 Å². The Bertz CT molecular complexity index is 316. The minimum atomic E-state index is 0.187. The molecule has 20 heavy (non-hydrogen) atoms. The first-order valence-corrected chi connectivity index (χ1v) is 8.70. The number of ether oxygens (including phenoxy) is 1. The normalized spacial score (nSPS) is 23.1. The van der Waals surface area contributed by atoms with Gasteiger partial charge >= 0.3 is 0 Å². The van der Waals surface area contributed by atoms with Gasteiger partial charge in [0.05, 0.1) is 18.8 Å². The standard InChI is InChI=1S/C18H31NO/c1-2-3-4-5-6-8-11-18(12-9-7-10-13-18)19-14-16-20-17-15-19/h2-7,9-10,12-17H2,1H3. The molecule has 1 saturated carbocycles. The maximum Gasteiger partial charge on any atom is 0.0827 e. The van der Waals surface area contributed by atoms with E-state index < -0.39 is 0 Å². The van der Waals surface area contributed by atoms with Crippen molar-refractivity contribution in [2.75, 3.05) is 26.3 Å². The van der Waals surface area contributed by atoms with Gasteiger partial charge in [-0.2, -0.15) is 0 Å². The van der Waals surface area contributed by atoms with Crippen molar-refractivity contribution < 1.29 is 4.74 Å². The number of nitrogens with zero attached hydrogens (tertiary/aromatic N) is 1. The van der Waals surface area contributed by atoms with Crippen molar-refractivity contribution in [2.45, 2.75) is 76.7 Å². The van der Waals surface area contributed by atoms with Crippen LogP contribution in [0.2, 0.25) is 0 Å². The van der Waals surface area contributed by atoms with Crippen LogP contribution in [0.3, 0.4) is 0 Å². The summed E-state index contributed by atoms with van der Waals surface area (Å²) in [6, 6.07) is 0. The fourth-order valence-corrected chi connectivity index (χ4v) is 3.52. The molecule has 0 aromatic rings. The maximum absolute atomic E-state index is 5.52. The van der Waals surface area contributed by atoms with Gasteiger partial charge in [0.25, 0.3) is 0 Å². The first-order valence-electron chi connectivity index (χ1n) is 8.70. The largest absolute Gasteiger partial charge is 0.379 e. The lowest BCUT2D eigenvalue weighted by molar-refractivity contribution is -0.0142. The summed E-state index contributed by atoms with van der Waals surface area (Å²) in [4.78, 5) is 2.62. The monoisotopic (exact) mass is 277 g/mol. The highest BCUT2D eigenvalue weighted by atomic mass is 16.5. The maximum atomic E-state index is 5.52. The molecule has 0 spiro atoms. The molecule has 0 aromatic carbocycles. The molecule has 1 heterocycles. The van der Waals surface area contributed by atoms with Crippen LogP contribution in [0.15, 0.2) is 0 Å². The molecule has 0 unspecified atom stereocenters. The molecule has 0 radical (unpaired) electrons. The van der Waals surface area contributed by atoms with Crippen molar-refractivity contribution in [3.63, 3.8) is 0 Å². The molecule has 0 aromatic heterocycles. The van der Waals surface area contributed by atoms with Gasteiger partial charge in [-0.1, -0.05) is 51.4 Å². The predicted octanol–water partition coefficient (Wildman–Crippen LogP) is 4.00. The molecule has 0 N–H and O–H groups in total. The Balaban J connectivity index is 1.90. The lowest BCUT2D eigenvalue weighted by Gasteiger charge is -2.44. The van der Waals surface area contributed by atoms with Crippen LogP contribution in [0.1, 0.15) is 71.1 Å². The topological polar surface area (TPSA) is 12.5 Å². The summed E-state index contributed by atoms with van der Waals surface area (Å²) in [5, 5.41) is 0. The van der Waals surface area contributed by atoms with Gasteiger partial charge in [0.1, 0.15) is 0 Å². The van der Waals surface area contributed by atoms with E-state index in [4.69, 9.17) is 4.74 Å². The van der Waals surface area contributed by atoms with Crippen LogP contribution in [-0.4, -0.2) is 36.7 Å². The minimum Gasteiger partial charge on any atom is -0.379 e. The first kappa shape index (κ1) is 15.9. The van der Waals surface area contributed by atoms with Crippen LogP contribution in [0, 0.1) is 11.8 Å². The molecule has 0 amide bonds. The Hall–Kier alpha value is -0.520. The molecular weight excluding hydrogens is 246 g/mol. The zero-order chi connectivity index (χ0) is 14.1. The van der Waals surface area contributed by atoms with Crippen molar-refractivity contribution in [1.29, 1.82) is 0 Å². The summed E-state index contributed by atoms with van der Waals surface area (Å²) in [6.07, 6.45) is 13.0. The van der Waals surface area contributed by atoms with E-state index in [-0.39, 0.29) is 5.54 Å². The summed E-state index contributed by atoms with van der Waals surface area (Å²) >= 11 is 0. The highest BCUT2D eigenvalue weighted by molar-refractivity contribution is 5.19. The molecule has 0 bridgehead atoms. The predicted molar refractivity (Wildman–Crippen MR) is 84.7 cm³/mol. The molecule has 2 nitrogen and oxygen atoms in total. The Morgan fingerprint density at radius 3 is 2.45 bits per heavy atom. The molecule has 114 valence electrons. The molecule has 1 aliphatic carbocycles. The summed E-state index contributed by atoms with van der Waals surface area (Å²) in [5.41, 5.74) is 0.187. The van der Waals surface area contributed by atoms with Gasteiger partial charge in [0.2, 0.25) is 0 Å². The van der Waals surface area contributed by atoms with Gasteiger partial charge in [-0.25, -0.2) is 0 Å². The van der Waals surface area contributed by atoms with Crippen molar-refractivity contribution >= 4 is 0 Å². The SMILES string of the molecule is CCCCCCC#CC1(N2CCOCC2)CCCCC1. The Labute approximate surface area is 125 Å². The zero-order valence-corrected chi connectivity index (χ0v) is 13.3. The van der Waals surface area contributed by atoms with E-state index in [9.17, 15) is 0 Å². The average Bonchev–Trinajstić information content (AvgIpc) is 2.52. The van der Waals surface area contributed by atoms with Crippen LogP contribution in [-0.2, 0) is 4.74 Å². The smallest absolute Gasteiger partial charge is 0.0827 e. The van der Waals surface area contributed by atoms with Gasteiger partial charge in [-0.3, -0.25) is 4.90 Å². The van der Waals surface area contributed by atoms with Gasteiger partial charge < -0.3 is 4.74 Å². The highest BCUT2D eigenvalue weighted by Crippen LogP contribution is 2.33. The van der Waals surface area contributed by atoms with Gasteiger partial charge in [0.15, 0.2) is 0 Å². The summed E-state index contributed by atoms with van der Waals surface area (Å²) < 4.78 is 5.52. The van der Waals surface area contributed by atoms with E-state index in [2.05, 4.69) is 23.7 Å². The van der Waals surface area contributed by atoms with Gasteiger partial charge in [-0.15, -0.1) is 5.92 Å². The quantitative estimate of drug-likeness (QED) is 0.556. The molecule has 2 heteroatoms. The molecule has 2 rings (SSSR count). The zero-order valence-electron chi connectivity index (χ0n) is 13.3. The average molecular weight is 277 g/mol. The van der Waals surface area contributed by atoms with Crippen molar-refractivity contribution in [3.8, 4) is 11.8 Å². The lowest BCUT2D eigenvalue weighted by atomic mass is 9.80. The molecule has 1 aliphatic heterocycles. The molecule has 2 aliphatic rings. The van der Waals surface area contributed by atoms with Crippen LogP contribution in [0.4, 0.5) is 0 Å². The van der Waals surface area contributed by atoms with Crippen LogP contribution in [0.5, 0.6) is 0 Å². The van der Waals surface area contributed by atoms with E-state index in [1.54, 1.807) is 0 Å². The van der Waals surface area contributed by atoms with E-state index in [1.807, 2.05) is 0 Å². The lowest BCUT2D eigenvalue weighted by Crippen LogP contribution is -2.53. The number of rotatable bonds is 5. The first-order chi connectivity index (χ1) is 9.87. The third-order valence-electron chi connectivity index (χ3n) is 4.77. The van der Waals surface area contributed by atoms with Crippen LogP contribution in [0.25, 0.3) is 0 Å². The Kier molecular flexibility index (Phi) is 6.90. The van der Waals surface area contributed by atoms with Gasteiger partial charge in [0, 0.05) is 19.5 Å². The van der Waals surface area contributed by atoms with Crippen LogP contribution >= 0.6 is 0 Å². The van der Waals surface area contributed by atoms with Gasteiger partial charge in [-0.05, 0) is 19.3 Å². The molecule has 1 saturated heterocycles. The summed E-state index contributed by atoms with van der Waals surface area (Å²) in [7, 11) is 0. The molecule has 0 atom stereocenters. The van der Waals surface area contributed by atoms with E-state index in [1.165, 1.54) is 57.8 Å². The minimum absolute atomic E-state index is 0.187.